The molecule has 0 aromatic rings. The number of nitrogens with one attached hydrogen (secondary N) is 1. The van der Waals surface area contributed by atoms with Gasteiger partial charge in [0.2, 0.25) is 0 Å². The van der Waals surface area contributed by atoms with Gasteiger partial charge >= 0.3 is 18.0 Å². The summed E-state index contributed by atoms with van der Waals surface area (Å²) in [5.74, 6) is -0.268. The highest BCUT2D eigenvalue weighted by atomic mass is 16.6. The Morgan fingerprint density at radius 2 is 0.932 bits per heavy atom. The second-order valence-electron chi connectivity index (χ2n) is 13.1. The fraction of sp³-hybridized carbons (Fsp3) is 0.919. The van der Waals surface area contributed by atoms with Gasteiger partial charge in [-0.25, -0.2) is 4.79 Å². The summed E-state index contributed by atoms with van der Waals surface area (Å²) in [7, 11) is 0. The zero-order chi connectivity index (χ0) is 32.5. The zero-order valence-electron chi connectivity index (χ0n) is 29.4. The summed E-state index contributed by atoms with van der Waals surface area (Å²) in [4.78, 5) is 36.8. The van der Waals surface area contributed by atoms with Crippen molar-refractivity contribution < 1.29 is 28.6 Å². The van der Waals surface area contributed by atoms with Gasteiger partial charge in [-0.3, -0.25) is 9.59 Å². The number of hydrogen-bond acceptors (Lipinski definition) is 6. The quantitative estimate of drug-likeness (QED) is 0.0454. The first kappa shape index (κ1) is 42.2. The van der Waals surface area contributed by atoms with Crippen LogP contribution in [0.4, 0.5) is 4.79 Å². The highest BCUT2D eigenvalue weighted by Gasteiger charge is 2.18. The van der Waals surface area contributed by atoms with E-state index in [1.807, 2.05) is 13.8 Å². The molecular formula is C37H71NO6. The normalized spacial score (nSPS) is 11.8. The van der Waals surface area contributed by atoms with Crippen LogP contribution in [0.25, 0.3) is 0 Å². The lowest BCUT2D eigenvalue weighted by Crippen LogP contribution is -2.32. The summed E-state index contributed by atoms with van der Waals surface area (Å²) >= 11 is 0. The van der Waals surface area contributed by atoms with Crippen molar-refractivity contribution in [1.82, 2.24) is 5.32 Å². The van der Waals surface area contributed by atoms with Gasteiger partial charge in [0.1, 0.15) is 12.7 Å². The molecule has 0 aliphatic rings. The molecule has 1 amide bonds. The van der Waals surface area contributed by atoms with Crippen LogP contribution in [0, 0.1) is 5.92 Å². The fourth-order valence-corrected chi connectivity index (χ4v) is 5.17. The van der Waals surface area contributed by atoms with Crippen molar-refractivity contribution in [3.8, 4) is 0 Å². The lowest BCUT2D eigenvalue weighted by Gasteiger charge is -2.18. The first-order valence-electron chi connectivity index (χ1n) is 18.6. The van der Waals surface area contributed by atoms with Gasteiger partial charge in [0, 0.05) is 25.8 Å². The van der Waals surface area contributed by atoms with Crippen molar-refractivity contribution in [3.05, 3.63) is 0 Å². The second kappa shape index (κ2) is 32.6. The number of alkyl carbamates (subject to hydrolysis) is 1. The molecule has 1 atom stereocenters. The second-order valence-corrected chi connectivity index (χ2v) is 13.1. The van der Waals surface area contributed by atoms with Crippen LogP contribution >= 0.6 is 0 Å². The number of hydrogen-bond donors (Lipinski definition) is 1. The number of rotatable bonds is 32. The third-order valence-corrected chi connectivity index (χ3v) is 7.98. The Morgan fingerprint density at radius 3 is 1.36 bits per heavy atom. The van der Waals surface area contributed by atoms with Crippen molar-refractivity contribution in [3.63, 3.8) is 0 Å². The third kappa shape index (κ3) is 31.6. The molecule has 0 aliphatic carbocycles. The smallest absolute Gasteiger partial charge is 0.407 e. The van der Waals surface area contributed by atoms with Crippen LogP contribution in [0.5, 0.6) is 0 Å². The molecule has 0 aromatic heterocycles. The first-order chi connectivity index (χ1) is 21.4. The van der Waals surface area contributed by atoms with Crippen LogP contribution in [0.1, 0.15) is 188 Å². The lowest BCUT2D eigenvalue weighted by molar-refractivity contribution is -0.159. The van der Waals surface area contributed by atoms with Gasteiger partial charge in [-0.1, -0.05) is 156 Å². The highest BCUT2D eigenvalue weighted by Crippen LogP contribution is 2.14. The molecule has 0 aliphatic heterocycles. The molecule has 7 nitrogen and oxygen atoms in total. The molecule has 44 heavy (non-hydrogen) atoms. The number of carbonyl (C=O) groups excluding carboxylic acids is 3. The van der Waals surface area contributed by atoms with Gasteiger partial charge < -0.3 is 19.5 Å². The van der Waals surface area contributed by atoms with Crippen LogP contribution < -0.4 is 5.32 Å². The van der Waals surface area contributed by atoms with E-state index in [1.165, 1.54) is 103 Å². The number of carbonyl (C=O) groups is 3. The van der Waals surface area contributed by atoms with Crippen LogP contribution in [-0.4, -0.2) is 43.9 Å². The topological polar surface area (TPSA) is 90.9 Å². The van der Waals surface area contributed by atoms with Gasteiger partial charge in [-0.05, 0) is 18.8 Å². The SMILES string of the molecule is CCCCCCCCCCCCCC(=O)OCC(CCNC(=O)OCC(C)C)OC(=O)CCCCCCCCCCCCC. The molecule has 1 unspecified atom stereocenters. The van der Waals surface area contributed by atoms with E-state index in [2.05, 4.69) is 19.2 Å². The molecule has 0 heterocycles. The summed E-state index contributed by atoms with van der Waals surface area (Å²) in [6, 6.07) is 0. The maximum Gasteiger partial charge on any atom is 0.407 e. The molecule has 0 aromatic carbocycles. The van der Waals surface area contributed by atoms with Crippen LogP contribution in [0.15, 0.2) is 0 Å². The average molecular weight is 626 g/mol. The predicted octanol–water partition coefficient (Wildman–Crippen LogP) is 10.6. The number of amides is 1. The van der Waals surface area contributed by atoms with E-state index in [0.717, 1.165) is 38.5 Å². The molecule has 0 radical (unpaired) electrons. The van der Waals surface area contributed by atoms with E-state index in [-0.39, 0.29) is 31.0 Å². The molecule has 0 fully saturated rings. The van der Waals surface area contributed by atoms with Crippen molar-refractivity contribution in [2.45, 2.75) is 194 Å². The zero-order valence-corrected chi connectivity index (χ0v) is 29.4. The highest BCUT2D eigenvalue weighted by molar-refractivity contribution is 5.70. The maximum absolute atomic E-state index is 12.5. The molecule has 0 bridgehead atoms. The molecule has 1 N–H and O–H groups in total. The summed E-state index contributed by atoms with van der Waals surface area (Å²) in [6.45, 7) is 9.09. The summed E-state index contributed by atoms with van der Waals surface area (Å²) in [6.07, 6.45) is 27.0. The molecule has 0 saturated heterocycles. The van der Waals surface area contributed by atoms with Crippen LogP contribution in [0.3, 0.4) is 0 Å². The summed E-state index contributed by atoms with van der Waals surface area (Å²) in [5, 5.41) is 2.70. The Kier molecular flexibility index (Phi) is 31.3. The van der Waals surface area contributed by atoms with Crippen LogP contribution in [-0.2, 0) is 23.8 Å². The third-order valence-electron chi connectivity index (χ3n) is 7.98. The van der Waals surface area contributed by atoms with E-state index in [9.17, 15) is 14.4 Å². The van der Waals surface area contributed by atoms with Crippen LogP contribution in [0.2, 0.25) is 0 Å². The molecule has 7 heteroatoms. The first-order valence-corrected chi connectivity index (χ1v) is 18.6. The Hall–Kier alpha value is -1.79. The monoisotopic (exact) mass is 626 g/mol. The Labute approximate surface area is 271 Å². The fourth-order valence-electron chi connectivity index (χ4n) is 5.17. The molecular weight excluding hydrogens is 554 g/mol. The average Bonchev–Trinajstić information content (AvgIpc) is 3.00. The Morgan fingerprint density at radius 1 is 0.523 bits per heavy atom. The minimum Gasteiger partial charge on any atom is -0.462 e. The predicted molar refractivity (Wildman–Crippen MR) is 182 cm³/mol. The van der Waals surface area contributed by atoms with E-state index < -0.39 is 12.2 Å². The minimum atomic E-state index is -0.582. The molecule has 0 spiro atoms. The van der Waals surface area contributed by atoms with E-state index in [1.54, 1.807) is 0 Å². The van der Waals surface area contributed by atoms with Crippen molar-refractivity contribution in [2.75, 3.05) is 19.8 Å². The van der Waals surface area contributed by atoms with Gasteiger partial charge in [0.25, 0.3) is 0 Å². The van der Waals surface area contributed by atoms with E-state index >= 15 is 0 Å². The van der Waals surface area contributed by atoms with E-state index in [4.69, 9.17) is 14.2 Å². The standard InChI is InChI=1S/C37H71NO6/c1-5-7-9-11-13-15-17-19-21-23-25-27-35(39)42-32-34(29-30-38-37(41)43-31-33(3)4)44-36(40)28-26-24-22-20-18-16-14-12-10-8-6-2/h33-34H,5-32H2,1-4H3,(H,38,41). The van der Waals surface area contributed by atoms with Crippen molar-refractivity contribution in [1.29, 1.82) is 0 Å². The Bertz CT molecular complexity index is 668. The largest absolute Gasteiger partial charge is 0.462 e. The lowest BCUT2D eigenvalue weighted by atomic mass is 10.1. The molecule has 0 saturated carbocycles. The van der Waals surface area contributed by atoms with Gasteiger partial charge in [-0.2, -0.15) is 0 Å². The van der Waals surface area contributed by atoms with Gasteiger partial charge in [-0.15, -0.1) is 0 Å². The summed E-state index contributed by atoms with van der Waals surface area (Å²) < 4.78 is 16.3. The van der Waals surface area contributed by atoms with E-state index in [0.29, 0.717) is 25.9 Å². The minimum absolute atomic E-state index is 0.0174. The van der Waals surface area contributed by atoms with Crippen molar-refractivity contribution >= 4 is 18.0 Å². The van der Waals surface area contributed by atoms with Gasteiger partial charge in [0.05, 0.1) is 6.61 Å². The van der Waals surface area contributed by atoms with Crippen molar-refractivity contribution in [2.24, 2.45) is 5.92 Å². The van der Waals surface area contributed by atoms with Gasteiger partial charge in [0.15, 0.2) is 0 Å². The number of esters is 2. The maximum atomic E-state index is 12.5. The Balaban J connectivity index is 4.23. The number of unbranched alkanes of at least 4 members (excludes halogenated alkanes) is 20. The molecule has 260 valence electrons. The molecule has 0 rings (SSSR count). The number of ether oxygens (including phenoxy) is 3. The summed E-state index contributed by atoms with van der Waals surface area (Å²) in [5.41, 5.74) is 0.